The average Bonchev–Trinajstić information content (AvgIpc) is 3.27. The van der Waals surface area contributed by atoms with Crippen LogP contribution in [-0.4, -0.2) is 66.8 Å². The molecule has 1 N–H and O–H groups in total. The molecule has 182 valence electrons. The second-order valence-corrected chi connectivity index (χ2v) is 9.00. The molecule has 10 heteroatoms. The summed E-state index contributed by atoms with van der Waals surface area (Å²) in [6.45, 7) is 5.69. The Hall–Kier alpha value is -2.85. The second kappa shape index (κ2) is 9.42. The van der Waals surface area contributed by atoms with Gasteiger partial charge in [-0.1, -0.05) is 5.16 Å². The molecule has 8 nitrogen and oxygen atoms in total. The number of hydrogen-bond acceptors (Lipinski definition) is 8. The van der Waals surface area contributed by atoms with Crippen molar-refractivity contribution in [2.75, 3.05) is 38.3 Å². The predicted molar refractivity (Wildman–Crippen MR) is 124 cm³/mol. The smallest absolute Gasteiger partial charge is 0.261 e. The van der Waals surface area contributed by atoms with Gasteiger partial charge in [-0.05, 0) is 44.7 Å². The number of ether oxygens (including phenoxy) is 2. The number of aryl methyl sites for hydroxylation is 2. The van der Waals surface area contributed by atoms with Gasteiger partial charge in [0.05, 0.1) is 19.2 Å². The van der Waals surface area contributed by atoms with Crippen molar-refractivity contribution >= 4 is 16.7 Å². The molecule has 2 fully saturated rings. The van der Waals surface area contributed by atoms with Crippen LogP contribution in [0, 0.1) is 19.7 Å². The van der Waals surface area contributed by atoms with E-state index in [1.165, 1.54) is 13.2 Å². The number of pyridine rings is 1. The van der Waals surface area contributed by atoms with Gasteiger partial charge in [0, 0.05) is 43.3 Å². The maximum atomic E-state index is 15.4. The van der Waals surface area contributed by atoms with E-state index in [0.717, 1.165) is 18.4 Å². The van der Waals surface area contributed by atoms with Crippen molar-refractivity contribution in [2.45, 2.75) is 51.4 Å². The number of nitrogens with one attached hydrogen (secondary N) is 1. The first-order valence-corrected chi connectivity index (χ1v) is 11.7. The van der Waals surface area contributed by atoms with Crippen LogP contribution in [-0.2, 0) is 4.74 Å². The highest BCUT2D eigenvalue weighted by atomic mass is 19.1. The van der Waals surface area contributed by atoms with Gasteiger partial charge in [-0.2, -0.15) is 4.98 Å². The summed E-state index contributed by atoms with van der Waals surface area (Å²) in [4.78, 5) is 10.9. The monoisotopic (exact) mass is 473 g/mol. The van der Waals surface area contributed by atoms with E-state index in [4.69, 9.17) is 14.0 Å². The first-order valence-electron chi connectivity index (χ1n) is 11.7. The van der Waals surface area contributed by atoms with Gasteiger partial charge in [-0.3, -0.25) is 0 Å². The molecule has 4 heterocycles. The van der Waals surface area contributed by atoms with Gasteiger partial charge in [0.2, 0.25) is 0 Å². The summed E-state index contributed by atoms with van der Waals surface area (Å²) in [6, 6.07) is 3.07. The number of piperidine rings is 1. The fourth-order valence-electron chi connectivity index (χ4n) is 4.89. The van der Waals surface area contributed by atoms with Crippen LogP contribution in [0.2, 0.25) is 0 Å². The Morgan fingerprint density at radius 2 is 1.94 bits per heavy atom. The van der Waals surface area contributed by atoms with Crippen molar-refractivity contribution in [1.29, 1.82) is 0 Å². The van der Waals surface area contributed by atoms with Crippen LogP contribution in [0.15, 0.2) is 16.7 Å². The number of fused-ring (bicyclic) bond motifs is 1. The van der Waals surface area contributed by atoms with Gasteiger partial charge in [0.1, 0.15) is 23.3 Å². The lowest BCUT2D eigenvalue weighted by Crippen LogP contribution is -2.54. The quantitative estimate of drug-likeness (QED) is 0.600. The van der Waals surface area contributed by atoms with Crippen molar-refractivity contribution < 1.29 is 22.8 Å². The molecule has 2 aliphatic heterocycles. The predicted octanol–water partition coefficient (Wildman–Crippen LogP) is 3.73. The van der Waals surface area contributed by atoms with Crippen LogP contribution in [0.3, 0.4) is 0 Å². The van der Waals surface area contributed by atoms with Crippen molar-refractivity contribution in [3.8, 4) is 17.2 Å². The summed E-state index contributed by atoms with van der Waals surface area (Å²) < 4.78 is 46.5. The molecule has 2 aliphatic rings. The van der Waals surface area contributed by atoms with Gasteiger partial charge >= 0.3 is 0 Å². The highest BCUT2D eigenvalue weighted by Crippen LogP contribution is 2.39. The Kier molecular flexibility index (Phi) is 6.35. The summed E-state index contributed by atoms with van der Waals surface area (Å²) >= 11 is 0. The summed E-state index contributed by atoms with van der Waals surface area (Å²) in [5.41, 5.74) is 1.51. The minimum absolute atomic E-state index is 0.136. The summed E-state index contributed by atoms with van der Waals surface area (Å²) in [6.07, 6.45) is 1.28. The Labute approximate surface area is 196 Å². The third-order valence-electron chi connectivity index (χ3n) is 6.75. The van der Waals surface area contributed by atoms with E-state index in [-0.39, 0.29) is 30.0 Å². The Morgan fingerprint density at radius 3 is 2.62 bits per heavy atom. The van der Waals surface area contributed by atoms with E-state index in [1.54, 1.807) is 13.0 Å². The number of nitrogens with zero attached hydrogens (tertiary/aromatic N) is 4. The number of anilines is 1. The number of alkyl halides is 1. The van der Waals surface area contributed by atoms with Crippen LogP contribution in [0.1, 0.15) is 30.7 Å². The second-order valence-electron chi connectivity index (χ2n) is 9.00. The van der Waals surface area contributed by atoms with Gasteiger partial charge in [-0.25, -0.2) is 13.8 Å². The molecular weight excluding hydrogens is 444 g/mol. The first kappa shape index (κ1) is 22.9. The Balaban J connectivity index is 1.51. The fourth-order valence-corrected chi connectivity index (χ4v) is 4.89. The van der Waals surface area contributed by atoms with E-state index in [9.17, 15) is 4.39 Å². The average molecular weight is 474 g/mol. The van der Waals surface area contributed by atoms with Gasteiger partial charge in [0.15, 0.2) is 11.6 Å². The normalized spacial score (nSPS) is 21.9. The number of rotatable bonds is 5. The molecule has 0 aliphatic carbocycles. The third kappa shape index (κ3) is 4.32. The molecule has 34 heavy (non-hydrogen) atoms. The molecule has 0 bridgehead atoms. The number of hydrogen-bond donors (Lipinski definition) is 1. The first-order chi connectivity index (χ1) is 16.4. The highest BCUT2D eigenvalue weighted by Gasteiger charge is 2.34. The van der Waals surface area contributed by atoms with Crippen LogP contribution in [0.5, 0.6) is 5.75 Å². The molecule has 0 unspecified atom stereocenters. The van der Waals surface area contributed by atoms with Crippen LogP contribution in [0.25, 0.3) is 22.4 Å². The van der Waals surface area contributed by atoms with E-state index >= 15 is 4.39 Å². The topological polar surface area (TPSA) is 85.5 Å². The molecule has 2 saturated heterocycles. The highest BCUT2D eigenvalue weighted by molar-refractivity contribution is 5.93. The van der Waals surface area contributed by atoms with Crippen LogP contribution in [0.4, 0.5) is 14.6 Å². The third-order valence-corrected chi connectivity index (χ3v) is 6.75. The lowest BCUT2D eigenvalue weighted by Gasteiger charge is -2.39. The largest absolute Gasteiger partial charge is 0.497 e. The minimum atomic E-state index is -1.10. The van der Waals surface area contributed by atoms with Crippen molar-refractivity contribution in [3.63, 3.8) is 0 Å². The molecule has 1 aromatic carbocycles. The van der Waals surface area contributed by atoms with E-state index < -0.39 is 12.0 Å². The lowest BCUT2D eigenvalue weighted by molar-refractivity contribution is 0.0684. The van der Waals surface area contributed by atoms with Gasteiger partial charge < -0.3 is 24.2 Å². The van der Waals surface area contributed by atoms with Gasteiger partial charge in [-0.15, -0.1) is 0 Å². The summed E-state index contributed by atoms with van der Waals surface area (Å²) in [5, 5.41) is 7.98. The molecule has 0 spiro atoms. The number of aromatic nitrogens is 3. The van der Waals surface area contributed by atoms with E-state index in [0.29, 0.717) is 54.5 Å². The SMILES string of the molecule is COc1cc(F)c2nc(N3CC[C@H](NC4CCOCC4)[C@H](F)C3)c(-c3nc(C)no3)c(C)c2c1. The standard InChI is InChI=1S/C24H29F2N5O3/c1-13-17-10-16(32-3)11-18(25)22(17)29-23(21(13)24-27-14(2)30-34-24)31-7-4-20(19(26)12-31)28-15-5-8-33-9-6-15/h10-11,15,19-20,28H,4-9,12H2,1-3H3/t19-,20+/m1/s1. The minimum Gasteiger partial charge on any atom is -0.497 e. The molecule has 0 saturated carbocycles. The fraction of sp³-hybridized carbons (Fsp3) is 0.542. The number of halogens is 2. The molecule has 5 rings (SSSR count). The summed E-state index contributed by atoms with van der Waals surface area (Å²) in [7, 11) is 1.49. The number of methoxy groups -OCH3 is 1. The summed E-state index contributed by atoms with van der Waals surface area (Å²) in [5.74, 6) is 1.09. The van der Waals surface area contributed by atoms with Crippen molar-refractivity contribution in [1.82, 2.24) is 20.4 Å². The van der Waals surface area contributed by atoms with E-state index in [1.807, 2.05) is 11.8 Å². The molecule has 3 aromatic rings. The van der Waals surface area contributed by atoms with Crippen LogP contribution < -0.4 is 15.0 Å². The Bertz CT molecular complexity index is 1180. The van der Waals surface area contributed by atoms with Gasteiger partial charge in [0.25, 0.3) is 5.89 Å². The van der Waals surface area contributed by atoms with Crippen molar-refractivity contribution in [3.05, 3.63) is 29.3 Å². The lowest BCUT2D eigenvalue weighted by atomic mass is 9.98. The van der Waals surface area contributed by atoms with Crippen LogP contribution >= 0.6 is 0 Å². The Morgan fingerprint density at radius 1 is 1.15 bits per heavy atom. The van der Waals surface area contributed by atoms with Crippen molar-refractivity contribution in [2.24, 2.45) is 0 Å². The molecular formula is C24H29F2N5O3. The zero-order valence-electron chi connectivity index (χ0n) is 19.6. The maximum absolute atomic E-state index is 15.4. The zero-order chi connectivity index (χ0) is 23.8. The molecule has 0 radical (unpaired) electrons. The number of benzene rings is 1. The van der Waals surface area contributed by atoms with E-state index in [2.05, 4.69) is 20.4 Å². The maximum Gasteiger partial charge on any atom is 0.261 e. The zero-order valence-corrected chi connectivity index (χ0v) is 19.6. The molecule has 0 amide bonds. The molecule has 2 aromatic heterocycles. The molecule has 2 atom stereocenters.